The van der Waals surface area contributed by atoms with Crippen LogP contribution in [-0.4, -0.2) is 24.7 Å². The highest BCUT2D eigenvalue weighted by Crippen LogP contribution is 2.34. The summed E-state index contributed by atoms with van der Waals surface area (Å²) >= 11 is 0. The molecule has 0 unspecified atom stereocenters. The van der Waals surface area contributed by atoms with Gasteiger partial charge in [0.25, 0.3) is 0 Å². The van der Waals surface area contributed by atoms with Gasteiger partial charge in [0.05, 0.1) is 0 Å². The largest absolute Gasteiger partial charge is 0.334 e. The molecule has 0 saturated carbocycles. The van der Waals surface area contributed by atoms with E-state index in [-0.39, 0.29) is 24.0 Å². The molecule has 1 saturated heterocycles. The standard InChI is InChI=1S/C30H37N3O/c1-20(2)22-10-14-24(15-11-22)29(25-16-12-23(13-17-25)21(3)4)28-18-27(19-31-28)33-30(34)32-26-8-6-5-7-9-26/h5-17,20-21,27-29,31H,18-19H2,1-4H3,(H2,32,33,34)/t27-,28-/m1/s1. The number of carbonyl (C=O) groups excluding carboxylic acids is 1. The Balaban J connectivity index is 1.51. The Morgan fingerprint density at radius 1 is 0.765 bits per heavy atom. The van der Waals surface area contributed by atoms with Gasteiger partial charge in [0.1, 0.15) is 0 Å². The minimum Gasteiger partial charge on any atom is -0.334 e. The van der Waals surface area contributed by atoms with Gasteiger partial charge in [-0.25, -0.2) is 4.79 Å². The van der Waals surface area contributed by atoms with Gasteiger partial charge in [0.15, 0.2) is 0 Å². The number of hydrogen-bond donors (Lipinski definition) is 3. The third-order valence-corrected chi connectivity index (χ3v) is 6.86. The monoisotopic (exact) mass is 455 g/mol. The molecule has 1 aliphatic rings. The molecule has 34 heavy (non-hydrogen) atoms. The molecule has 0 aromatic heterocycles. The molecule has 3 aromatic rings. The molecule has 4 nitrogen and oxygen atoms in total. The number of anilines is 1. The van der Waals surface area contributed by atoms with Crippen molar-refractivity contribution >= 4 is 11.7 Å². The van der Waals surface area contributed by atoms with Crippen LogP contribution in [0.3, 0.4) is 0 Å². The summed E-state index contributed by atoms with van der Waals surface area (Å²) in [4.78, 5) is 12.5. The topological polar surface area (TPSA) is 53.2 Å². The Labute approximate surface area is 204 Å². The van der Waals surface area contributed by atoms with Crippen molar-refractivity contribution in [3.63, 3.8) is 0 Å². The fourth-order valence-corrected chi connectivity index (χ4v) is 4.84. The maximum atomic E-state index is 12.5. The van der Waals surface area contributed by atoms with E-state index in [4.69, 9.17) is 0 Å². The second-order valence-corrected chi connectivity index (χ2v) is 10.0. The van der Waals surface area contributed by atoms with E-state index in [2.05, 4.69) is 92.2 Å². The highest BCUT2D eigenvalue weighted by atomic mass is 16.2. The van der Waals surface area contributed by atoms with Crippen LogP contribution in [0, 0.1) is 0 Å². The summed E-state index contributed by atoms with van der Waals surface area (Å²) in [6.45, 7) is 9.68. The van der Waals surface area contributed by atoms with E-state index in [0.29, 0.717) is 11.8 Å². The van der Waals surface area contributed by atoms with Crippen molar-refractivity contribution < 1.29 is 4.79 Å². The smallest absolute Gasteiger partial charge is 0.319 e. The Kier molecular flexibility index (Phi) is 7.69. The highest BCUT2D eigenvalue weighted by Gasteiger charge is 2.33. The van der Waals surface area contributed by atoms with E-state index < -0.39 is 0 Å². The summed E-state index contributed by atoms with van der Waals surface area (Å²) in [5.41, 5.74) is 6.14. The number of hydrogen-bond acceptors (Lipinski definition) is 2. The number of urea groups is 1. The predicted molar refractivity (Wildman–Crippen MR) is 142 cm³/mol. The molecule has 0 bridgehead atoms. The Bertz CT molecular complexity index is 1010. The van der Waals surface area contributed by atoms with Gasteiger partial charge >= 0.3 is 6.03 Å². The summed E-state index contributed by atoms with van der Waals surface area (Å²) in [6, 6.07) is 27.9. The van der Waals surface area contributed by atoms with Crippen LogP contribution in [-0.2, 0) is 0 Å². The summed E-state index contributed by atoms with van der Waals surface area (Å²) in [5.74, 6) is 1.25. The highest BCUT2D eigenvalue weighted by molar-refractivity contribution is 5.89. The zero-order chi connectivity index (χ0) is 24.1. The van der Waals surface area contributed by atoms with E-state index >= 15 is 0 Å². The van der Waals surface area contributed by atoms with Gasteiger partial charge in [0, 0.05) is 30.2 Å². The first kappa shape index (κ1) is 24.0. The SMILES string of the molecule is CC(C)c1ccc(C(c2ccc(C(C)C)cc2)[C@H]2C[C@@H](NC(=O)Nc3ccccc3)CN2)cc1. The molecule has 0 spiro atoms. The number of carbonyl (C=O) groups is 1. The third-order valence-electron chi connectivity index (χ3n) is 6.86. The van der Waals surface area contributed by atoms with Crippen LogP contribution in [0.4, 0.5) is 10.5 Å². The zero-order valence-electron chi connectivity index (χ0n) is 20.7. The molecule has 3 aromatic carbocycles. The molecular weight excluding hydrogens is 418 g/mol. The van der Waals surface area contributed by atoms with Crippen LogP contribution in [0.1, 0.15) is 74.1 Å². The van der Waals surface area contributed by atoms with E-state index in [1.807, 2.05) is 30.3 Å². The molecule has 4 rings (SSSR count). The summed E-state index contributed by atoms with van der Waals surface area (Å²) in [6.07, 6.45) is 0.880. The van der Waals surface area contributed by atoms with Gasteiger partial charge in [-0.15, -0.1) is 0 Å². The van der Waals surface area contributed by atoms with Crippen molar-refractivity contribution in [2.75, 3.05) is 11.9 Å². The molecule has 1 aliphatic heterocycles. The van der Waals surface area contributed by atoms with Crippen molar-refractivity contribution in [3.8, 4) is 0 Å². The second-order valence-electron chi connectivity index (χ2n) is 10.0. The molecule has 3 N–H and O–H groups in total. The van der Waals surface area contributed by atoms with Crippen LogP contribution >= 0.6 is 0 Å². The second kappa shape index (κ2) is 10.9. The summed E-state index contributed by atoms with van der Waals surface area (Å²) in [7, 11) is 0. The average Bonchev–Trinajstić information content (AvgIpc) is 3.28. The molecular formula is C30H37N3O. The fraction of sp³-hybridized carbons (Fsp3) is 0.367. The van der Waals surface area contributed by atoms with Crippen molar-refractivity contribution in [1.29, 1.82) is 0 Å². The van der Waals surface area contributed by atoms with Crippen LogP contribution in [0.2, 0.25) is 0 Å². The van der Waals surface area contributed by atoms with E-state index in [1.165, 1.54) is 22.3 Å². The van der Waals surface area contributed by atoms with Crippen LogP contribution < -0.4 is 16.0 Å². The maximum absolute atomic E-state index is 12.5. The number of benzene rings is 3. The van der Waals surface area contributed by atoms with Gasteiger partial charge in [-0.2, -0.15) is 0 Å². The van der Waals surface area contributed by atoms with Crippen molar-refractivity contribution in [2.45, 2.75) is 64.0 Å². The van der Waals surface area contributed by atoms with Gasteiger partial charge < -0.3 is 16.0 Å². The van der Waals surface area contributed by atoms with E-state index in [1.54, 1.807) is 0 Å². The quantitative estimate of drug-likeness (QED) is 0.375. The average molecular weight is 456 g/mol. The Hall–Kier alpha value is -3.11. The molecule has 1 fully saturated rings. The van der Waals surface area contributed by atoms with E-state index in [0.717, 1.165) is 18.7 Å². The molecule has 4 heteroatoms. The van der Waals surface area contributed by atoms with Crippen LogP contribution in [0.5, 0.6) is 0 Å². The van der Waals surface area contributed by atoms with Gasteiger partial charge in [-0.3, -0.25) is 0 Å². The molecule has 2 atom stereocenters. The molecule has 0 aliphatic carbocycles. The first-order chi connectivity index (χ1) is 16.4. The van der Waals surface area contributed by atoms with Crippen molar-refractivity contribution in [3.05, 3.63) is 101 Å². The zero-order valence-corrected chi connectivity index (χ0v) is 20.7. The molecule has 0 radical (unpaired) electrons. The lowest BCUT2D eigenvalue weighted by atomic mass is 9.82. The van der Waals surface area contributed by atoms with Gasteiger partial charge in [-0.1, -0.05) is 94.4 Å². The Morgan fingerprint density at radius 2 is 1.26 bits per heavy atom. The normalized spacial score (nSPS) is 18.0. The number of amides is 2. The first-order valence-corrected chi connectivity index (χ1v) is 12.5. The minimum absolute atomic E-state index is 0.0843. The molecule has 1 heterocycles. The Morgan fingerprint density at radius 3 is 1.76 bits per heavy atom. The van der Waals surface area contributed by atoms with Gasteiger partial charge in [-0.05, 0) is 52.6 Å². The lowest BCUT2D eigenvalue weighted by Crippen LogP contribution is -2.39. The number of para-hydroxylation sites is 1. The summed E-state index contributed by atoms with van der Waals surface area (Å²) < 4.78 is 0. The molecule has 2 amide bonds. The number of rotatable bonds is 7. The fourth-order valence-electron chi connectivity index (χ4n) is 4.84. The van der Waals surface area contributed by atoms with Crippen LogP contribution in [0.25, 0.3) is 0 Å². The third kappa shape index (κ3) is 5.87. The maximum Gasteiger partial charge on any atom is 0.319 e. The summed E-state index contributed by atoms with van der Waals surface area (Å²) in [5, 5.41) is 9.79. The lowest BCUT2D eigenvalue weighted by molar-refractivity contribution is 0.249. The minimum atomic E-state index is -0.155. The number of nitrogens with one attached hydrogen (secondary N) is 3. The predicted octanol–water partition coefficient (Wildman–Crippen LogP) is 6.62. The molecule has 178 valence electrons. The van der Waals surface area contributed by atoms with E-state index in [9.17, 15) is 4.79 Å². The lowest BCUT2D eigenvalue weighted by Gasteiger charge is -2.26. The van der Waals surface area contributed by atoms with Crippen LogP contribution in [0.15, 0.2) is 78.9 Å². The first-order valence-electron chi connectivity index (χ1n) is 12.5. The van der Waals surface area contributed by atoms with Gasteiger partial charge in [0.2, 0.25) is 0 Å². The van der Waals surface area contributed by atoms with Crippen molar-refractivity contribution in [1.82, 2.24) is 10.6 Å². The van der Waals surface area contributed by atoms with Crippen molar-refractivity contribution in [2.24, 2.45) is 0 Å².